The molecule has 1 aromatic carbocycles. The van der Waals surface area contributed by atoms with Gasteiger partial charge in [0.05, 0.1) is 5.75 Å². The first-order valence-electron chi connectivity index (χ1n) is 5.82. The fraction of sp³-hybridized carbons (Fsp3) is 0.500. The van der Waals surface area contributed by atoms with Gasteiger partial charge < -0.3 is 5.73 Å². The van der Waals surface area contributed by atoms with Crippen LogP contribution >= 0.6 is 0 Å². The molecule has 0 aliphatic rings. The van der Waals surface area contributed by atoms with E-state index in [4.69, 9.17) is 5.73 Å². The number of sulfonamides is 1. The molecule has 1 aromatic rings. The first-order valence-corrected chi connectivity index (χ1v) is 7.48. The van der Waals surface area contributed by atoms with Crippen LogP contribution in [0.4, 0.5) is 0 Å². The lowest BCUT2D eigenvalue weighted by atomic mass is 10.1. The number of unbranched alkanes of at least 4 members (excludes halogenated alkanes) is 1. The van der Waals surface area contributed by atoms with Crippen molar-refractivity contribution in [1.82, 2.24) is 4.72 Å². The van der Waals surface area contributed by atoms with Crippen LogP contribution in [0, 0.1) is 0 Å². The standard InChI is InChI=1S/C12H20N2O2S/c1-2-3-7-14-17(15,16)10-12-6-4-5-11(8-12)9-13/h4-6,8,14H,2-3,7,9-10,13H2,1H3. The Kier molecular flexibility index (Phi) is 5.61. The van der Waals surface area contributed by atoms with Crippen LogP contribution in [0.15, 0.2) is 24.3 Å². The summed E-state index contributed by atoms with van der Waals surface area (Å²) in [5.41, 5.74) is 7.24. The van der Waals surface area contributed by atoms with Crippen molar-refractivity contribution >= 4 is 10.0 Å². The van der Waals surface area contributed by atoms with E-state index in [-0.39, 0.29) is 5.75 Å². The molecule has 0 bridgehead atoms. The van der Waals surface area contributed by atoms with Crippen LogP contribution in [0.3, 0.4) is 0 Å². The third-order valence-electron chi connectivity index (χ3n) is 2.44. The highest BCUT2D eigenvalue weighted by atomic mass is 32.2. The van der Waals surface area contributed by atoms with Crippen molar-refractivity contribution < 1.29 is 8.42 Å². The van der Waals surface area contributed by atoms with Gasteiger partial charge in [-0.1, -0.05) is 37.6 Å². The van der Waals surface area contributed by atoms with Crippen LogP contribution in [-0.4, -0.2) is 15.0 Å². The van der Waals surface area contributed by atoms with Gasteiger partial charge in [0.2, 0.25) is 10.0 Å². The van der Waals surface area contributed by atoms with Gasteiger partial charge in [-0.3, -0.25) is 0 Å². The second-order valence-corrected chi connectivity index (χ2v) is 5.84. The lowest BCUT2D eigenvalue weighted by molar-refractivity contribution is 0.577. The molecule has 0 radical (unpaired) electrons. The molecule has 0 aromatic heterocycles. The molecule has 0 saturated heterocycles. The molecule has 96 valence electrons. The SMILES string of the molecule is CCCCNS(=O)(=O)Cc1cccc(CN)c1. The number of nitrogens with one attached hydrogen (secondary N) is 1. The summed E-state index contributed by atoms with van der Waals surface area (Å²) >= 11 is 0. The molecule has 0 saturated carbocycles. The van der Waals surface area contributed by atoms with Gasteiger partial charge in [-0.05, 0) is 17.5 Å². The molecule has 0 fully saturated rings. The summed E-state index contributed by atoms with van der Waals surface area (Å²) in [4.78, 5) is 0. The van der Waals surface area contributed by atoms with Gasteiger partial charge in [0, 0.05) is 13.1 Å². The van der Waals surface area contributed by atoms with Crippen LogP contribution in [0.2, 0.25) is 0 Å². The van der Waals surface area contributed by atoms with E-state index in [1.165, 1.54) is 0 Å². The van der Waals surface area contributed by atoms with E-state index >= 15 is 0 Å². The zero-order valence-corrected chi connectivity index (χ0v) is 11.0. The summed E-state index contributed by atoms with van der Waals surface area (Å²) in [6.45, 7) is 2.96. The zero-order valence-electron chi connectivity index (χ0n) is 10.1. The van der Waals surface area contributed by atoms with Gasteiger partial charge in [0.15, 0.2) is 0 Å². The Morgan fingerprint density at radius 3 is 2.65 bits per heavy atom. The van der Waals surface area contributed by atoms with E-state index < -0.39 is 10.0 Å². The van der Waals surface area contributed by atoms with Gasteiger partial charge in [0.25, 0.3) is 0 Å². The van der Waals surface area contributed by atoms with Crippen LogP contribution in [0.25, 0.3) is 0 Å². The van der Waals surface area contributed by atoms with Crippen LogP contribution in [0.5, 0.6) is 0 Å². The molecule has 0 amide bonds. The van der Waals surface area contributed by atoms with Crippen molar-refractivity contribution in [3.05, 3.63) is 35.4 Å². The van der Waals surface area contributed by atoms with Gasteiger partial charge in [-0.25, -0.2) is 13.1 Å². The van der Waals surface area contributed by atoms with E-state index in [1.807, 2.05) is 25.1 Å². The van der Waals surface area contributed by atoms with Crippen molar-refractivity contribution in [2.75, 3.05) is 6.54 Å². The quantitative estimate of drug-likeness (QED) is 0.724. The smallest absolute Gasteiger partial charge is 0.215 e. The first-order chi connectivity index (χ1) is 8.07. The zero-order chi connectivity index (χ0) is 12.7. The molecule has 4 nitrogen and oxygen atoms in total. The highest BCUT2D eigenvalue weighted by molar-refractivity contribution is 7.88. The molecule has 17 heavy (non-hydrogen) atoms. The number of rotatable bonds is 7. The van der Waals surface area contributed by atoms with E-state index in [1.54, 1.807) is 6.07 Å². The minimum Gasteiger partial charge on any atom is -0.326 e. The van der Waals surface area contributed by atoms with E-state index in [0.29, 0.717) is 13.1 Å². The Morgan fingerprint density at radius 2 is 2.00 bits per heavy atom. The maximum absolute atomic E-state index is 11.7. The number of hydrogen-bond acceptors (Lipinski definition) is 3. The number of benzene rings is 1. The van der Waals surface area contributed by atoms with Crippen LogP contribution < -0.4 is 10.5 Å². The van der Waals surface area contributed by atoms with E-state index in [2.05, 4.69) is 4.72 Å². The number of hydrogen-bond donors (Lipinski definition) is 2. The largest absolute Gasteiger partial charge is 0.326 e. The fourth-order valence-electron chi connectivity index (χ4n) is 1.52. The Hall–Kier alpha value is -0.910. The molecule has 0 aliphatic heterocycles. The molecule has 1 rings (SSSR count). The highest BCUT2D eigenvalue weighted by Crippen LogP contribution is 2.08. The highest BCUT2D eigenvalue weighted by Gasteiger charge is 2.10. The van der Waals surface area contributed by atoms with Gasteiger partial charge in [0.1, 0.15) is 0 Å². The number of nitrogens with two attached hydrogens (primary N) is 1. The Labute approximate surface area is 103 Å². The second-order valence-electron chi connectivity index (χ2n) is 4.03. The van der Waals surface area contributed by atoms with Crippen molar-refractivity contribution in [2.24, 2.45) is 5.73 Å². The summed E-state index contributed by atoms with van der Waals surface area (Å²) < 4.78 is 26.1. The molecule has 0 aliphatic carbocycles. The molecule has 0 atom stereocenters. The Balaban J connectivity index is 2.62. The Bertz CT molecular complexity index is 444. The first kappa shape index (κ1) is 14.2. The van der Waals surface area contributed by atoms with Crippen LogP contribution in [-0.2, 0) is 22.3 Å². The van der Waals surface area contributed by atoms with Gasteiger partial charge >= 0.3 is 0 Å². The Morgan fingerprint density at radius 1 is 1.29 bits per heavy atom. The maximum Gasteiger partial charge on any atom is 0.215 e. The minimum atomic E-state index is -3.22. The predicted octanol–water partition coefficient (Wildman–Crippen LogP) is 1.36. The normalized spacial score (nSPS) is 11.6. The summed E-state index contributed by atoms with van der Waals surface area (Å²) in [6, 6.07) is 7.36. The third-order valence-corrected chi connectivity index (χ3v) is 3.79. The maximum atomic E-state index is 11.7. The molecular weight excluding hydrogens is 236 g/mol. The van der Waals surface area contributed by atoms with Crippen molar-refractivity contribution in [2.45, 2.75) is 32.1 Å². The van der Waals surface area contributed by atoms with Crippen molar-refractivity contribution in [1.29, 1.82) is 0 Å². The lowest BCUT2D eigenvalue weighted by Crippen LogP contribution is -2.26. The summed E-state index contributed by atoms with van der Waals surface area (Å²) in [6.07, 6.45) is 1.84. The molecule has 3 N–H and O–H groups in total. The third kappa shape index (κ3) is 5.30. The topological polar surface area (TPSA) is 72.2 Å². The lowest BCUT2D eigenvalue weighted by Gasteiger charge is -2.07. The summed E-state index contributed by atoms with van der Waals surface area (Å²) in [5, 5.41) is 0. The van der Waals surface area contributed by atoms with E-state index in [9.17, 15) is 8.42 Å². The molecule has 0 heterocycles. The average molecular weight is 256 g/mol. The second kappa shape index (κ2) is 6.74. The fourth-order valence-corrected chi connectivity index (χ4v) is 2.70. The molecule has 0 unspecified atom stereocenters. The van der Waals surface area contributed by atoms with Crippen molar-refractivity contribution in [3.63, 3.8) is 0 Å². The predicted molar refractivity (Wildman–Crippen MR) is 69.9 cm³/mol. The summed E-state index contributed by atoms with van der Waals surface area (Å²) in [7, 11) is -3.22. The summed E-state index contributed by atoms with van der Waals surface area (Å²) in [5.74, 6) is 0.0184. The van der Waals surface area contributed by atoms with Gasteiger partial charge in [-0.2, -0.15) is 0 Å². The van der Waals surface area contributed by atoms with Crippen LogP contribution in [0.1, 0.15) is 30.9 Å². The minimum absolute atomic E-state index is 0.0184. The molecule has 5 heteroatoms. The van der Waals surface area contributed by atoms with E-state index in [0.717, 1.165) is 24.0 Å². The average Bonchev–Trinajstić information content (AvgIpc) is 2.29. The molecule has 0 spiro atoms. The molecular formula is C12H20N2O2S. The monoisotopic (exact) mass is 256 g/mol. The van der Waals surface area contributed by atoms with Gasteiger partial charge in [-0.15, -0.1) is 0 Å². The van der Waals surface area contributed by atoms with Crippen molar-refractivity contribution in [3.8, 4) is 0 Å².